The lowest BCUT2D eigenvalue weighted by Gasteiger charge is -2.08. The van der Waals surface area contributed by atoms with Gasteiger partial charge < -0.3 is 9.05 Å². The monoisotopic (exact) mass is 402 g/mol. The van der Waals surface area contributed by atoms with Crippen molar-refractivity contribution >= 4 is 21.4 Å². The van der Waals surface area contributed by atoms with Gasteiger partial charge >= 0.3 is 0 Å². The zero-order valence-corrected chi connectivity index (χ0v) is 15.7. The third-order valence-electron chi connectivity index (χ3n) is 3.74. The minimum atomic E-state index is -3.75. The Morgan fingerprint density at radius 2 is 1.93 bits per heavy atom. The fourth-order valence-electron chi connectivity index (χ4n) is 2.41. The Labute approximate surface area is 158 Å². The minimum absolute atomic E-state index is 0.156. The summed E-state index contributed by atoms with van der Waals surface area (Å²) < 4.78 is 38.3. The molecule has 0 spiro atoms. The van der Waals surface area contributed by atoms with E-state index in [1.165, 1.54) is 12.3 Å². The Kier molecular flexibility index (Phi) is 4.60. The van der Waals surface area contributed by atoms with Gasteiger partial charge in [0, 0.05) is 22.6 Å². The molecular formula is C17H14N4O4S2. The number of nitrogens with one attached hydrogen (secondary N) is 1. The molecule has 1 unspecified atom stereocenters. The molecule has 8 nitrogen and oxygen atoms in total. The summed E-state index contributed by atoms with van der Waals surface area (Å²) in [6.07, 6.45) is 1.50. The van der Waals surface area contributed by atoms with E-state index in [1.54, 1.807) is 18.4 Å². The molecule has 0 aliphatic heterocycles. The summed E-state index contributed by atoms with van der Waals surface area (Å²) >= 11 is 1.09. The van der Waals surface area contributed by atoms with Crippen LogP contribution in [0.1, 0.15) is 18.9 Å². The first-order chi connectivity index (χ1) is 13.0. The van der Waals surface area contributed by atoms with Gasteiger partial charge in [0.2, 0.25) is 11.7 Å². The molecule has 0 fully saturated rings. The van der Waals surface area contributed by atoms with Crippen LogP contribution in [0.25, 0.3) is 22.7 Å². The quantitative estimate of drug-likeness (QED) is 0.525. The number of nitrogens with zero attached hydrogens (tertiary/aromatic N) is 3. The summed E-state index contributed by atoms with van der Waals surface area (Å²) in [6, 6.07) is 11.8. The van der Waals surface area contributed by atoms with E-state index in [4.69, 9.17) is 9.05 Å². The molecule has 1 aromatic carbocycles. The molecule has 0 radical (unpaired) electrons. The third kappa shape index (κ3) is 3.68. The van der Waals surface area contributed by atoms with Gasteiger partial charge in [-0.25, -0.2) is 8.42 Å². The predicted octanol–water partition coefficient (Wildman–Crippen LogP) is 3.49. The highest BCUT2D eigenvalue weighted by atomic mass is 32.2. The van der Waals surface area contributed by atoms with E-state index in [2.05, 4.69) is 20.0 Å². The maximum Gasteiger partial charge on any atom is 0.250 e. The lowest BCUT2D eigenvalue weighted by atomic mass is 10.2. The van der Waals surface area contributed by atoms with Gasteiger partial charge in [-0.1, -0.05) is 40.6 Å². The second-order valence-corrected chi connectivity index (χ2v) is 8.55. The molecule has 1 atom stereocenters. The van der Waals surface area contributed by atoms with Crippen molar-refractivity contribution in [1.29, 1.82) is 0 Å². The van der Waals surface area contributed by atoms with Crippen molar-refractivity contribution in [2.24, 2.45) is 0 Å². The summed E-state index contributed by atoms with van der Waals surface area (Å²) in [4.78, 5) is 4.28. The number of aromatic nitrogens is 3. The van der Waals surface area contributed by atoms with Gasteiger partial charge in [0.1, 0.15) is 4.21 Å². The molecule has 0 amide bonds. The molecule has 3 heterocycles. The van der Waals surface area contributed by atoms with E-state index < -0.39 is 16.1 Å². The molecular weight excluding hydrogens is 388 g/mol. The number of rotatable bonds is 6. The van der Waals surface area contributed by atoms with Crippen molar-refractivity contribution in [2.45, 2.75) is 17.2 Å². The third-order valence-corrected chi connectivity index (χ3v) is 6.72. The van der Waals surface area contributed by atoms with Gasteiger partial charge in [-0.3, -0.25) is 0 Å². The molecule has 10 heteroatoms. The predicted molar refractivity (Wildman–Crippen MR) is 98.3 cm³/mol. The smallest absolute Gasteiger partial charge is 0.250 e. The lowest BCUT2D eigenvalue weighted by molar-refractivity contribution is 0.354. The van der Waals surface area contributed by atoms with Crippen molar-refractivity contribution < 1.29 is 17.5 Å². The van der Waals surface area contributed by atoms with Crippen molar-refractivity contribution in [1.82, 2.24) is 20.0 Å². The van der Waals surface area contributed by atoms with Crippen molar-refractivity contribution in [2.75, 3.05) is 0 Å². The van der Waals surface area contributed by atoms with Gasteiger partial charge in [-0.2, -0.15) is 9.71 Å². The first kappa shape index (κ1) is 17.6. The van der Waals surface area contributed by atoms with Gasteiger partial charge in [0.15, 0.2) is 5.76 Å². The molecule has 0 bridgehead atoms. The van der Waals surface area contributed by atoms with Gasteiger partial charge in [-0.15, -0.1) is 11.3 Å². The number of sulfonamides is 1. The fourth-order valence-corrected chi connectivity index (χ4v) is 4.79. The highest BCUT2D eigenvalue weighted by Gasteiger charge is 2.24. The van der Waals surface area contributed by atoms with Gasteiger partial charge in [-0.05, 0) is 13.0 Å². The van der Waals surface area contributed by atoms with E-state index in [0.717, 1.165) is 16.9 Å². The van der Waals surface area contributed by atoms with E-state index in [-0.39, 0.29) is 10.1 Å². The van der Waals surface area contributed by atoms with Crippen LogP contribution in [0, 0.1) is 0 Å². The highest BCUT2D eigenvalue weighted by molar-refractivity contribution is 7.91. The van der Waals surface area contributed by atoms with Gasteiger partial charge in [0.25, 0.3) is 10.0 Å². The zero-order valence-electron chi connectivity index (χ0n) is 14.1. The SMILES string of the molecule is CC(NS(=O)(=O)c1cc(-c2ccno2)cs1)c1nc(-c2ccccc2)no1. The molecule has 1 N–H and O–H groups in total. The molecule has 0 saturated heterocycles. The summed E-state index contributed by atoms with van der Waals surface area (Å²) in [5.41, 5.74) is 1.44. The van der Waals surface area contributed by atoms with Crippen LogP contribution in [0.2, 0.25) is 0 Å². The standard InChI is InChI=1S/C17H14N4O4S2/c1-11(17-19-16(20-25-17)12-5-3-2-4-6-12)21-27(22,23)15-9-13(10-26-15)14-7-8-18-24-14/h2-11,21H,1H3. The maximum absolute atomic E-state index is 12.6. The number of thiophene rings is 1. The van der Waals surface area contributed by atoms with E-state index in [0.29, 0.717) is 17.1 Å². The van der Waals surface area contributed by atoms with Crippen LogP contribution in [-0.2, 0) is 10.0 Å². The fraction of sp³-hybridized carbons (Fsp3) is 0.118. The Morgan fingerprint density at radius 1 is 1.11 bits per heavy atom. The first-order valence-electron chi connectivity index (χ1n) is 7.94. The van der Waals surface area contributed by atoms with Crippen LogP contribution in [0.3, 0.4) is 0 Å². The molecule has 0 aliphatic carbocycles. The molecule has 27 heavy (non-hydrogen) atoms. The van der Waals surface area contributed by atoms with Crippen LogP contribution >= 0.6 is 11.3 Å². The summed E-state index contributed by atoms with van der Waals surface area (Å²) in [6.45, 7) is 1.64. The average molecular weight is 402 g/mol. The Balaban J connectivity index is 1.52. The van der Waals surface area contributed by atoms with E-state index in [1.807, 2.05) is 30.3 Å². The second kappa shape index (κ2) is 7.06. The van der Waals surface area contributed by atoms with Crippen LogP contribution in [-0.4, -0.2) is 23.7 Å². The van der Waals surface area contributed by atoms with E-state index >= 15 is 0 Å². The number of hydrogen-bond acceptors (Lipinski definition) is 8. The van der Waals surface area contributed by atoms with Crippen LogP contribution < -0.4 is 4.72 Å². The molecule has 3 aromatic heterocycles. The largest absolute Gasteiger partial charge is 0.356 e. The Bertz CT molecular complexity index is 1130. The van der Waals surface area contributed by atoms with Crippen molar-refractivity contribution in [3.63, 3.8) is 0 Å². The first-order valence-corrected chi connectivity index (χ1v) is 10.3. The normalized spacial score (nSPS) is 12.9. The van der Waals surface area contributed by atoms with Crippen molar-refractivity contribution in [3.8, 4) is 22.7 Å². The molecule has 0 aliphatic rings. The molecule has 138 valence electrons. The zero-order chi connectivity index (χ0) is 18.9. The van der Waals surface area contributed by atoms with Crippen LogP contribution in [0.4, 0.5) is 0 Å². The van der Waals surface area contributed by atoms with Crippen LogP contribution in [0.15, 0.2) is 67.3 Å². The average Bonchev–Trinajstić information content (AvgIpc) is 3.42. The summed E-state index contributed by atoms with van der Waals surface area (Å²) in [7, 11) is -3.75. The number of hydrogen-bond donors (Lipinski definition) is 1. The summed E-state index contributed by atoms with van der Waals surface area (Å²) in [5.74, 6) is 1.09. The van der Waals surface area contributed by atoms with Crippen molar-refractivity contribution in [3.05, 3.63) is 59.9 Å². The minimum Gasteiger partial charge on any atom is -0.356 e. The Hall–Kier alpha value is -2.82. The molecule has 0 saturated carbocycles. The maximum atomic E-state index is 12.6. The molecule has 4 aromatic rings. The Morgan fingerprint density at radius 3 is 2.67 bits per heavy atom. The summed E-state index contributed by atoms with van der Waals surface area (Å²) in [5, 5.41) is 9.23. The lowest BCUT2D eigenvalue weighted by Crippen LogP contribution is -2.26. The van der Waals surface area contributed by atoms with Crippen LogP contribution in [0.5, 0.6) is 0 Å². The second-order valence-electron chi connectivity index (χ2n) is 5.70. The van der Waals surface area contributed by atoms with E-state index in [9.17, 15) is 8.42 Å². The molecule has 4 rings (SSSR count). The highest BCUT2D eigenvalue weighted by Crippen LogP contribution is 2.29. The van der Waals surface area contributed by atoms with Gasteiger partial charge in [0.05, 0.1) is 12.2 Å². The number of benzene rings is 1. The topological polar surface area (TPSA) is 111 Å².